The number of aromatic hydroxyl groups is 4. The van der Waals surface area contributed by atoms with Gasteiger partial charge in [-0.05, 0) is 96.8 Å². The second kappa shape index (κ2) is 11.8. The van der Waals surface area contributed by atoms with Crippen LogP contribution in [-0.2, 0) is 10.8 Å². The Hall–Kier alpha value is -5.68. The topological polar surface area (TPSA) is 90.2 Å². The molecule has 5 nitrogen and oxygen atoms in total. The molecule has 6 aromatic carbocycles. The number of rotatable bonds is 8. The van der Waals surface area contributed by atoms with E-state index >= 15 is 0 Å². The summed E-state index contributed by atoms with van der Waals surface area (Å²) >= 11 is 0. The SMILES string of the molecule is CC(c1ccc(O)cc1)(c1ccc(O)cc1)c1ccccc1Oc1ccccc1C(C)(c1ccc(O)cc1)c1ccc(O)cc1. The van der Waals surface area contributed by atoms with Gasteiger partial charge in [0, 0.05) is 22.0 Å². The molecular weight excluding hydrogens is 560 g/mol. The first kappa shape index (κ1) is 29.4. The fourth-order valence-corrected chi connectivity index (χ4v) is 6.19. The van der Waals surface area contributed by atoms with Gasteiger partial charge in [0.15, 0.2) is 0 Å². The maximum atomic E-state index is 10.1. The Labute approximate surface area is 262 Å². The molecule has 5 heteroatoms. The first-order chi connectivity index (χ1) is 21.7. The number of benzene rings is 6. The molecule has 0 spiro atoms. The van der Waals surface area contributed by atoms with Crippen molar-refractivity contribution >= 4 is 0 Å². The monoisotopic (exact) mass is 594 g/mol. The zero-order valence-electron chi connectivity index (χ0n) is 25.1. The van der Waals surface area contributed by atoms with E-state index in [2.05, 4.69) is 13.8 Å². The first-order valence-electron chi connectivity index (χ1n) is 14.7. The normalized spacial score (nSPS) is 11.7. The average molecular weight is 595 g/mol. The smallest absolute Gasteiger partial charge is 0.131 e. The van der Waals surface area contributed by atoms with Crippen LogP contribution in [-0.4, -0.2) is 20.4 Å². The summed E-state index contributed by atoms with van der Waals surface area (Å²) in [7, 11) is 0. The van der Waals surface area contributed by atoms with Crippen LogP contribution in [0.2, 0.25) is 0 Å². The van der Waals surface area contributed by atoms with Crippen molar-refractivity contribution in [1.29, 1.82) is 0 Å². The fourth-order valence-electron chi connectivity index (χ4n) is 6.19. The lowest BCUT2D eigenvalue weighted by molar-refractivity contribution is 0.451. The molecule has 0 amide bonds. The molecule has 0 heterocycles. The Morgan fingerprint density at radius 2 is 0.600 bits per heavy atom. The van der Waals surface area contributed by atoms with Crippen LogP contribution in [0, 0.1) is 0 Å². The summed E-state index contributed by atoms with van der Waals surface area (Å²) < 4.78 is 6.92. The van der Waals surface area contributed by atoms with Gasteiger partial charge in [-0.15, -0.1) is 0 Å². The molecule has 0 fully saturated rings. The molecule has 0 unspecified atom stereocenters. The summed E-state index contributed by atoms with van der Waals surface area (Å²) in [5, 5.41) is 40.4. The lowest BCUT2D eigenvalue weighted by Gasteiger charge is -2.35. The summed E-state index contributed by atoms with van der Waals surface area (Å²) in [4.78, 5) is 0. The first-order valence-corrected chi connectivity index (χ1v) is 14.7. The van der Waals surface area contributed by atoms with Gasteiger partial charge < -0.3 is 25.2 Å². The molecule has 0 saturated carbocycles. The van der Waals surface area contributed by atoms with E-state index in [0.717, 1.165) is 33.4 Å². The second-order valence-corrected chi connectivity index (χ2v) is 11.5. The van der Waals surface area contributed by atoms with Gasteiger partial charge in [-0.2, -0.15) is 0 Å². The second-order valence-electron chi connectivity index (χ2n) is 11.5. The molecule has 224 valence electrons. The minimum Gasteiger partial charge on any atom is -0.508 e. The summed E-state index contributed by atoms with van der Waals surface area (Å²) in [5.74, 6) is 1.99. The molecule has 6 rings (SSSR count). The number of para-hydroxylation sites is 2. The van der Waals surface area contributed by atoms with Crippen LogP contribution in [0.4, 0.5) is 0 Å². The van der Waals surface area contributed by atoms with Crippen LogP contribution in [0.15, 0.2) is 146 Å². The molecule has 0 aromatic heterocycles. The van der Waals surface area contributed by atoms with Gasteiger partial charge in [0.2, 0.25) is 0 Å². The highest BCUT2D eigenvalue weighted by Gasteiger charge is 2.37. The van der Waals surface area contributed by atoms with Crippen LogP contribution in [0.3, 0.4) is 0 Å². The van der Waals surface area contributed by atoms with Gasteiger partial charge in [0.05, 0.1) is 0 Å². The molecule has 0 aliphatic rings. The summed E-state index contributed by atoms with van der Waals surface area (Å²) in [6.45, 7) is 4.22. The van der Waals surface area contributed by atoms with E-state index in [4.69, 9.17) is 4.74 Å². The van der Waals surface area contributed by atoms with E-state index in [1.165, 1.54) is 0 Å². The number of ether oxygens (including phenoxy) is 1. The van der Waals surface area contributed by atoms with Crippen LogP contribution in [0.1, 0.15) is 47.2 Å². The van der Waals surface area contributed by atoms with Gasteiger partial charge in [-0.1, -0.05) is 84.9 Å². The number of hydrogen-bond donors (Lipinski definition) is 4. The lowest BCUT2D eigenvalue weighted by Crippen LogP contribution is -2.27. The molecule has 0 bridgehead atoms. The van der Waals surface area contributed by atoms with E-state index in [1.54, 1.807) is 48.5 Å². The molecule has 0 aliphatic heterocycles. The summed E-state index contributed by atoms with van der Waals surface area (Å²) in [6, 6.07) is 44.4. The van der Waals surface area contributed by atoms with E-state index in [9.17, 15) is 20.4 Å². The third-order valence-corrected chi connectivity index (χ3v) is 8.85. The van der Waals surface area contributed by atoms with Crippen LogP contribution >= 0.6 is 0 Å². The maximum absolute atomic E-state index is 10.1. The highest BCUT2D eigenvalue weighted by Crippen LogP contribution is 2.48. The average Bonchev–Trinajstić information content (AvgIpc) is 3.06. The zero-order valence-corrected chi connectivity index (χ0v) is 25.1. The molecule has 0 saturated heterocycles. The van der Waals surface area contributed by atoms with Crippen molar-refractivity contribution in [2.45, 2.75) is 24.7 Å². The van der Waals surface area contributed by atoms with Crippen molar-refractivity contribution in [3.8, 4) is 34.5 Å². The summed E-state index contributed by atoms with van der Waals surface area (Å²) in [6.07, 6.45) is 0. The van der Waals surface area contributed by atoms with Gasteiger partial charge in [-0.25, -0.2) is 0 Å². The van der Waals surface area contributed by atoms with Crippen molar-refractivity contribution in [3.05, 3.63) is 179 Å². The Balaban J connectivity index is 1.53. The molecule has 45 heavy (non-hydrogen) atoms. The zero-order chi connectivity index (χ0) is 31.6. The van der Waals surface area contributed by atoms with Gasteiger partial charge in [-0.3, -0.25) is 0 Å². The Morgan fingerprint density at radius 3 is 0.867 bits per heavy atom. The predicted octanol–water partition coefficient (Wildman–Crippen LogP) is 9.01. The lowest BCUT2D eigenvalue weighted by atomic mass is 9.70. The highest BCUT2D eigenvalue weighted by molar-refractivity contribution is 5.59. The van der Waals surface area contributed by atoms with E-state index in [-0.39, 0.29) is 23.0 Å². The Bertz CT molecular complexity index is 1680. The Morgan fingerprint density at radius 1 is 0.356 bits per heavy atom. The van der Waals surface area contributed by atoms with Crippen molar-refractivity contribution in [2.75, 3.05) is 0 Å². The van der Waals surface area contributed by atoms with Crippen LogP contribution in [0.25, 0.3) is 0 Å². The minimum atomic E-state index is -0.718. The number of phenolic OH excluding ortho intramolecular Hbond substituents is 4. The third kappa shape index (κ3) is 5.45. The van der Waals surface area contributed by atoms with Crippen molar-refractivity contribution in [2.24, 2.45) is 0 Å². The highest BCUT2D eigenvalue weighted by atomic mass is 16.5. The largest absolute Gasteiger partial charge is 0.508 e. The maximum Gasteiger partial charge on any atom is 0.131 e. The van der Waals surface area contributed by atoms with Crippen LogP contribution in [0.5, 0.6) is 34.5 Å². The van der Waals surface area contributed by atoms with Gasteiger partial charge in [0.25, 0.3) is 0 Å². The number of hydrogen-bond acceptors (Lipinski definition) is 5. The standard InChI is InChI=1S/C40H34O5/c1-39(27-11-19-31(41)20-12-27,28-13-21-32(42)22-14-28)35-7-3-5-9-37(35)45-38-10-6-4-8-36(38)40(2,29-15-23-33(43)24-16-29)30-17-25-34(44)26-18-30/h3-26,41-44H,1-2H3. The predicted molar refractivity (Wildman–Crippen MR) is 176 cm³/mol. The Kier molecular flexibility index (Phi) is 7.69. The molecule has 0 aliphatic carbocycles. The summed E-state index contributed by atoms with van der Waals surface area (Å²) in [5.41, 5.74) is 4.11. The molecule has 0 radical (unpaired) electrons. The molecule has 4 N–H and O–H groups in total. The van der Waals surface area contributed by atoms with Gasteiger partial charge >= 0.3 is 0 Å². The van der Waals surface area contributed by atoms with Crippen LogP contribution < -0.4 is 4.74 Å². The third-order valence-electron chi connectivity index (χ3n) is 8.85. The molecule has 0 atom stereocenters. The van der Waals surface area contributed by atoms with Crippen molar-refractivity contribution < 1.29 is 25.2 Å². The molecular formula is C40H34O5. The van der Waals surface area contributed by atoms with Gasteiger partial charge in [0.1, 0.15) is 34.5 Å². The van der Waals surface area contributed by atoms with E-state index < -0.39 is 10.8 Å². The quantitative estimate of drug-likeness (QED) is 0.132. The van der Waals surface area contributed by atoms with Crippen molar-refractivity contribution in [3.63, 3.8) is 0 Å². The molecule has 6 aromatic rings. The minimum absolute atomic E-state index is 0.174. The van der Waals surface area contributed by atoms with E-state index in [0.29, 0.717) is 11.5 Å². The van der Waals surface area contributed by atoms with E-state index in [1.807, 2.05) is 97.1 Å². The number of phenols is 4. The van der Waals surface area contributed by atoms with Crippen molar-refractivity contribution in [1.82, 2.24) is 0 Å². The fraction of sp³-hybridized carbons (Fsp3) is 0.100.